The number of ether oxygens (including phenoxy) is 1. The Morgan fingerprint density at radius 3 is 2.81 bits per heavy atom. The van der Waals surface area contributed by atoms with Gasteiger partial charge in [0.15, 0.2) is 0 Å². The summed E-state index contributed by atoms with van der Waals surface area (Å²) >= 11 is 3.20. The molecule has 88 valence electrons. The van der Waals surface area contributed by atoms with Crippen LogP contribution in [0.1, 0.15) is 19.4 Å². The van der Waals surface area contributed by atoms with E-state index in [1.54, 1.807) is 13.0 Å². The molecule has 0 saturated heterocycles. The molecule has 0 spiro atoms. The molecule has 0 aliphatic rings. The molecule has 0 amide bonds. The molecule has 2 N–H and O–H groups in total. The van der Waals surface area contributed by atoms with Crippen LogP contribution in [0.25, 0.3) is 0 Å². The van der Waals surface area contributed by atoms with E-state index >= 15 is 0 Å². The Hall–Kier alpha value is -0.940. The predicted octanol–water partition coefficient (Wildman–Crippen LogP) is 2.33. The number of hydrogen-bond donors (Lipinski definition) is 1. The van der Waals surface area contributed by atoms with Gasteiger partial charge in [0.05, 0.1) is 6.61 Å². The SMILES string of the molecule is CCOC(=O)C(C)(N)c1cc(Br)ccc1F. The van der Waals surface area contributed by atoms with Crippen molar-refractivity contribution in [3.8, 4) is 0 Å². The van der Waals surface area contributed by atoms with Crippen LogP contribution in [0.3, 0.4) is 0 Å². The van der Waals surface area contributed by atoms with E-state index in [0.717, 1.165) is 0 Å². The molecule has 0 fully saturated rings. The fourth-order valence-electron chi connectivity index (χ4n) is 1.29. The first-order valence-corrected chi connectivity index (χ1v) is 5.60. The van der Waals surface area contributed by atoms with Crippen molar-refractivity contribution in [1.82, 2.24) is 0 Å². The fraction of sp³-hybridized carbons (Fsp3) is 0.364. The van der Waals surface area contributed by atoms with Crippen molar-refractivity contribution >= 4 is 21.9 Å². The van der Waals surface area contributed by atoms with E-state index in [1.165, 1.54) is 19.1 Å². The van der Waals surface area contributed by atoms with E-state index in [9.17, 15) is 9.18 Å². The quantitative estimate of drug-likeness (QED) is 0.869. The number of nitrogens with two attached hydrogens (primary N) is 1. The number of carbonyl (C=O) groups excluding carboxylic acids is 1. The molecule has 0 aliphatic carbocycles. The van der Waals surface area contributed by atoms with Gasteiger partial charge in [0.2, 0.25) is 0 Å². The van der Waals surface area contributed by atoms with Crippen molar-refractivity contribution in [1.29, 1.82) is 0 Å². The van der Waals surface area contributed by atoms with Crippen molar-refractivity contribution in [2.75, 3.05) is 6.61 Å². The fourth-order valence-corrected chi connectivity index (χ4v) is 1.65. The topological polar surface area (TPSA) is 52.3 Å². The van der Waals surface area contributed by atoms with Gasteiger partial charge in [-0.2, -0.15) is 0 Å². The van der Waals surface area contributed by atoms with Crippen LogP contribution in [0, 0.1) is 5.82 Å². The molecular weight excluding hydrogens is 277 g/mol. The van der Waals surface area contributed by atoms with Crippen LogP contribution < -0.4 is 5.73 Å². The molecule has 0 saturated carbocycles. The van der Waals surface area contributed by atoms with Gasteiger partial charge in [-0.05, 0) is 32.0 Å². The normalized spacial score (nSPS) is 14.3. The third-order valence-corrected chi connectivity index (χ3v) is 2.68. The summed E-state index contributed by atoms with van der Waals surface area (Å²) in [4.78, 5) is 11.6. The first kappa shape index (κ1) is 13.1. The maximum Gasteiger partial charge on any atom is 0.330 e. The Labute approximate surface area is 102 Å². The Balaban J connectivity index is 3.15. The highest BCUT2D eigenvalue weighted by Gasteiger charge is 2.34. The Morgan fingerprint density at radius 1 is 1.62 bits per heavy atom. The van der Waals surface area contributed by atoms with Crippen molar-refractivity contribution in [3.05, 3.63) is 34.1 Å². The van der Waals surface area contributed by atoms with Crippen LogP contribution in [0.15, 0.2) is 22.7 Å². The second-order valence-corrected chi connectivity index (χ2v) is 4.46. The van der Waals surface area contributed by atoms with Gasteiger partial charge in [-0.1, -0.05) is 15.9 Å². The lowest BCUT2D eigenvalue weighted by atomic mass is 9.93. The maximum absolute atomic E-state index is 13.6. The number of halogens is 2. The lowest BCUT2D eigenvalue weighted by Gasteiger charge is -2.23. The van der Waals surface area contributed by atoms with E-state index in [0.29, 0.717) is 4.47 Å². The molecule has 1 atom stereocenters. The summed E-state index contributed by atoms with van der Waals surface area (Å²) in [6.45, 7) is 3.31. The highest BCUT2D eigenvalue weighted by Crippen LogP contribution is 2.25. The molecule has 1 unspecified atom stereocenters. The Morgan fingerprint density at radius 2 is 2.25 bits per heavy atom. The molecular formula is C11H13BrFNO2. The number of carbonyl (C=O) groups is 1. The Kier molecular flexibility index (Phi) is 4.04. The number of rotatable bonds is 3. The third-order valence-electron chi connectivity index (χ3n) is 2.19. The zero-order chi connectivity index (χ0) is 12.3. The van der Waals surface area contributed by atoms with Gasteiger partial charge in [0.1, 0.15) is 11.4 Å². The lowest BCUT2D eigenvalue weighted by molar-refractivity contribution is -0.149. The molecule has 16 heavy (non-hydrogen) atoms. The van der Waals surface area contributed by atoms with Gasteiger partial charge in [0.25, 0.3) is 0 Å². The van der Waals surface area contributed by atoms with Gasteiger partial charge < -0.3 is 10.5 Å². The van der Waals surface area contributed by atoms with E-state index in [4.69, 9.17) is 10.5 Å². The van der Waals surface area contributed by atoms with Crippen molar-refractivity contribution < 1.29 is 13.9 Å². The molecule has 0 radical (unpaired) electrons. The zero-order valence-electron chi connectivity index (χ0n) is 9.09. The third kappa shape index (κ3) is 2.59. The van der Waals surface area contributed by atoms with Crippen LogP contribution >= 0.6 is 15.9 Å². The van der Waals surface area contributed by atoms with E-state index in [-0.39, 0.29) is 12.2 Å². The first-order chi connectivity index (χ1) is 7.39. The Bertz CT molecular complexity index is 407. The molecule has 1 rings (SSSR count). The van der Waals surface area contributed by atoms with Gasteiger partial charge in [0, 0.05) is 10.0 Å². The van der Waals surface area contributed by atoms with Crippen LogP contribution in [0.5, 0.6) is 0 Å². The first-order valence-electron chi connectivity index (χ1n) is 4.81. The number of hydrogen-bond acceptors (Lipinski definition) is 3. The lowest BCUT2D eigenvalue weighted by Crippen LogP contribution is -2.43. The van der Waals surface area contributed by atoms with Gasteiger partial charge in [-0.25, -0.2) is 9.18 Å². The van der Waals surface area contributed by atoms with Gasteiger partial charge in [-0.3, -0.25) is 0 Å². The second kappa shape index (κ2) is 4.93. The van der Waals surface area contributed by atoms with Crippen molar-refractivity contribution in [2.45, 2.75) is 19.4 Å². The standard InChI is InChI=1S/C11H13BrFNO2/c1-3-16-10(15)11(2,14)8-6-7(12)4-5-9(8)13/h4-6H,3,14H2,1-2H3. The average molecular weight is 290 g/mol. The molecule has 0 bridgehead atoms. The molecule has 5 heteroatoms. The number of benzene rings is 1. The van der Waals surface area contributed by atoms with Crippen LogP contribution in [-0.4, -0.2) is 12.6 Å². The minimum atomic E-state index is -1.48. The minimum absolute atomic E-state index is 0.111. The van der Waals surface area contributed by atoms with Gasteiger partial charge in [-0.15, -0.1) is 0 Å². The summed E-state index contributed by atoms with van der Waals surface area (Å²) in [6, 6.07) is 4.27. The van der Waals surface area contributed by atoms with E-state index < -0.39 is 17.3 Å². The smallest absolute Gasteiger partial charge is 0.330 e. The summed E-state index contributed by atoms with van der Waals surface area (Å²) in [5.74, 6) is -1.17. The van der Waals surface area contributed by atoms with E-state index in [2.05, 4.69) is 15.9 Å². The van der Waals surface area contributed by atoms with Crippen LogP contribution in [-0.2, 0) is 15.1 Å². The molecule has 0 aromatic heterocycles. The van der Waals surface area contributed by atoms with Crippen molar-refractivity contribution in [2.24, 2.45) is 5.73 Å². The summed E-state index contributed by atoms with van der Waals surface area (Å²) in [5, 5.41) is 0. The molecule has 0 aliphatic heterocycles. The highest BCUT2D eigenvalue weighted by atomic mass is 79.9. The number of esters is 1. The molecule has 1 aromatic rings. The second-order valence-electron chi connectivity index (χ2n) is 3.55. The minimum Gasteiger partial charge on any atom is -0.464 e. The largest absolute Gasteiger partial charge is 0.464 e. The monoisotopic (exact) mass is 289 g/mol. The van der Waals surface area contributed by atoms with Crippen molar-refractivity contribution in [3.63, 3.8) is 0 Å². The van der Waals surface area contributed by atoms with Gasteiger partial charge >= 0.3 is 5.97 Å². The average Bonchev–Trinajstić information content (AvgIpc) is 2.22. The molecule has 1 aromatic carbocycles. The van der Waals surface area contributed by atoms with E-state index in [1.807, 2.05) is 0 Å². The summed E-state index contributed by atoms with van der Waals surface area (Å²) in [7, 11) is 0. The maximum atomic E-state index is 13.6. The zero-order valence-corrected chi connectivity index (χ0v) is 10.7. The molecule has 0 heterocycles. The van der Waals surface area contributed by atoms with Crippen LogP contribution in [0.2, 0.25) is 0 Å². The van der Waals surface area contributed by atoms with Crippen LogP contribution in [0.4, 0.5) is 4.39 Å². The summed E-state index contributed by atoms with van der Waals surface area (Å²) < 4.78 is 19.0. The summed E-state index contributed by atoms with van der Waals surface area (Å²) in [6.07, 6.45) is 0. The predicted molar refractivity (Wildman–Crippen MR) is 62.3 cm³/mol. The highest BCUT2D eigenvalue weighted by molar-refractivity contribution is 9.10. The summed E-state index contributed by atoms with van der Waals surface area (Å²) in [5.41, 5.74) is 4.43. The molecule has 3 nitrogen and oxygen atoms in total.